The minimum Gasteiger partial charge on any atom is -0.465 e. The summed E-state index contributed by atoms with van der Waals surface area (Å²) >= 11 is 1.65. The minimum absolute atomic E-state index is 0. The summed E-state index contributed by atoms with van der Waals surface area (Å²) in [6, 6.07) is 5.83. The number of carbonyl (C=O) groups excluding carboxylic acids is 2. The molecule has 2 saturated heterocycles. The van der Waals surface area contributed by atoms with E-state index in [0.29, 0.717) is 25.4 Å². The van der Waals surface area contributed by atoms with Crippen molar-refractivity contribution in [3.63, 3.8) is 0 Å². The maximum Gasteiger partial charge on any atom is 0.311 e. The second kappa shape index (κ2) is 5.98. The predicted molar refractivity (Wildman–Crippen MR) is 87.7 cm³/mol. The summed E-state index contributed by atoms with van der Waals surface area (Å²) in [5.41, 5.74) is 1.25. The lowest BCUT2D eigenvalue weighted by Crippen LogP contribution is -2.31. The molecule has 4 rings (SSSR count). The van der Waals surface area contributed by atoms with Crippen molar-refractivity contribution >= 4 is 35.6 Å². The van der Waals surface area contributed by atoms with Crippen molar-refractivity contribution in [3.05, 3.63) is 28.8 Å². The number of rotatable bonds is 2. The molecule has 0 aromatic carbocycles. The van der Waals surface area contributed by atoms with E-state index in [2.05, 4.69) is 10.2 Å². The first kappa shape index (κ1) is 16.0. The van der Waals surface area contributed by atoms with Crippen molar-refractivity contribution in [3.8, 4) is 10.6 Å². The van der Waals surface area contributed by atoms with Gasteiger partial charge in [-0.25, -0.2) is 0 Å². The fourth-order valence-corrected chi connectivity index (χ4v) is 3.90. The van der Waals surface area contributed by atoms with E-state index in [1.165, 1.54) is 4.88 Å². The Morgan fingerprint density at radius 3 is 2.96 bits per heavy atom. The summed E-state index contributed by atoms with van der Waals surface area (Å²) in [4.78, 5) is 28.1. The third-order valence-electron chi connectivity index (χ3n) is 4.27. The zero-order chi connectivity index (χ0) is 15.3. The molecular formula is C15H16ClN3O3S. The monoisotopic (exact) mass is 353 g/mol. The van der Waals surface area contributed by atoms with Crippen LogP contribution in [0.2, 0.25) is 0 Å². The highest BCUT2D eigenvalue weighted by Crippen LogP contribution is 2.31. The molecule has 2 aromatic rings. The van der Waals surface area contributed by atoms with E-state index in [1.807, 2.05) is 19.1 Å². The third-order valence-corrected chi connectivity index (χ3v) is 5.31. The number of aryl methyl sites for hydroxylation is 1. The SMILES string of the molecule is Cc1ccc(-c2cc(C(=O)N3C[C@@H]4COC(=O)[C@@H]4C3)n[nH]2)s1.Cl. The van der Waals surface area contributed by atoms with Gasteiger partial charge in [0.1, 0.15) is 0 Å². The van der Waals surface area contributed by atoms with Gasteiger partial charge in [0.05, 0.1) is 23.1 Å². The highest BCUT2D eigenvalue weighted by molar-refractivity contribution is 7.15. The van der Waals surface area contributed by atoms with Crippen LogP contribution in [0.3, 0.4) is 0 Å². The average molecular weight is 354 g/mol. The molecule has 0 bridgehead atoms. The van der Waals surface area contributed by atoms with Gasteiger partial charge in [-0.05, 0) is 25.1 Å². The number of hydrogen-bond acceptors (Lipinski definition) is 5. The van der Waals surface area contributed by atoms with Crippen molar-refractivity contribution in [1.82, 2.24) is 15.1 Å². The van der Waals surface area contributed by atoms with Crippen LogP contribution in [0.15, 0.2) is 18.2 Å². The molecule has 0 saturated carbocycles. The number of halogens is 1. The van der Waals surface area contributed by atoms with Crippen LogP contribution >= 0.6 is 23.7 Å². The lowest BCUT2D eigenvalue weighted by atomic mass is 10.0. The first-order valence-electron chi connectivity index (χ1n) is 7.20. The van der Waals surface area contributed by atoms with Gasteiger partial charge in [0.15, 0.2) is 5.69 Å². The number of thiophene rings is 1. The number of fused-ring (bicyclic) bond motifs is 1. The van der Waals surface area contributed by atoms with E-state index >= 15 is 0 Å². The molecule has 1 amide bonds. The number of aromatic amines is 1. The molecule has 6 nitrogen and oxygen atoms in total. The summed E-state index contributed by atoms with van der Waals surface area (Å²) in [7, 11) is 0. The van der Waals surface area contributed by atoms with Crippen molar-refractivity contribution in [2.75, 3.05) is 19.7 Å². The number of amides is 1. The normalized spacial score (nSPS) is 22.7. The summed E-state index contributed by atoms with van der Waals surface area (Å²) in [5, 5.41) is 7.05. The smallest absolute Gasteiger partial charge is 0.311 e. The predicted octanol–water partition coefficient (Wildman–Crippen LogP) is 2.11. The van der Waals surface area contributed by atoms with Crippen molar-refractivity contribution in [2.24, 2.45) is 11.8 Å². The van der Waals surface area contributed by atoms with Crippen LogP contribution in [0.1, 0.15) is 15.4 Å². The Kier molecular flexibility index (Phi) is 4.16. The van der Waals surface area contributed by atoms with E-state index in [0.717, 1.165) is 10.6 Å². The minimum atomic E-state index is -0.183. The molecule has 2 aromatic heterocycles. The maximum atomic E-state index is 12.5. The first-order chi connectivity index (χ1) is 10.6. The van der Waals surface area contributed by atoms with Crippen LogP contribution in [-0.4, -0.2) is 46.7 Å². The highest BCUT2D eigenvalue weighted by Gasteiger charge is 2.45. The Balaban J connectivity index is 0.00000156. The lowest BCUT2D eigenvalue weighted by molar-refractivity contribution is -0.141. The average Bonchev–Trinajstić information content (AvgIpc) is 3.23. The van der Waals surface area contributed by atoms with Crippen molar-refractivity contribution < 1.29 is 14.3 Å². The van der Waals surface area contributed by atoms with Crippen LogP contribution in [-0.2, 0) is 9.53 Å². The second-order valence-electron chi connectivity index (χ2n) is 5.78. The first-order valence-corrected chi connectivity index (χ1v) is 8.01. The maximum absolute atomic E-state index is 12.5. The Morgan fingerprint density at radius 1 is 1.43 bits per heavy atom. The van der Waals surface area contributed by atoms with Gasteiger partial charge in [0.25, 0.3) is 5.91 Å². The lowest BCUT2D eigenvalue weighted by Gasteiger charge is -2.15. The highest BCUT2D eigenvalue weighted by atomic mass is 35.5. The van der Waals surface area contributed by atoms with Gasteiger partial charge in [-0.3, -0.25) is 14.7 Å². The van der Waals surface area contributed by atoms with Gasteiger partial charge in [0, 0.05) is 23.9 Å². The van der Waals surface area contributed by atoms with Crippen LogP contribution < -0.4 is 0 Å². The van der Waals surface area contributed by atoms with Crippen LogP contribution in [0, 0.1) is 18.8 Å². The number of ether oxygens (including phenoxy) is 1. The standard InChI is InChI=1S/C15H15N3O3S.ClH/c1-8-2-3-13(22-8)11-4-12(17-16-11)14(19)18-5-9-7-21-15(20)10(9)6-18;/h2-4,9-10H,5-7H2,1H3,(H,16,17);1H/t9-,10-;/m1./s1. The number of likely N-dealkylation sites (tertiary alicyclic amines) is 1. The van der Waals surface area contributed by atoms with Crippen molar-refractivity contribution in [2.45, 2.75) is 6.92 Å². The second-order valence-corrected chi connectivity index (χ2v) is 7.07. The van der Waals surface area contributed by atoms with Gasteiger partial charge >= 0.3 is 5.97 Å². The molecule has 0 radical (unpaired) electrons. The summed E-state index contributed by atoms with van der Waals surface area (Å²) in [6.45, 7) is 3.46. The van der Waals surface area contributed by atoms with Crippen LogP contribution in [0.25, 0.3) is 10.6 Å². The van der Waals surface area contributed by atoms with Gasteiger partial charge in [-0.15, -0.1) is 23.7 Å². The van der Waals surface area contributed by atoms with Gasteiger partial charge in [0.2, 0.25) is 0 Å². The molecule has 0 aliphatic carbocycles. The molecule has 2 aliphatic heterocycles. The zero-order valence-electron chi connectivity index (χ0n) is 12.4. The molecule has 2 fully saturated rings. The fourth-order valence-electron chi connectivity index (χ4n) is 3.07. The number of H-pyrrole nitrogens is 1. The Morgan fingerprint density at radius 2 is 2.26 bits per heavy atom. The van der Waals surface area contributed by atoms with E-state index < -0.39 is 0 Å². The molecule has 122 valence electrons. The molecule has 8 heteroatoms. The van der Waals surface area contributed by atoms with Gasteiger partial charge < -0.3 is 9.64 Å². The number of nitrogens with zero attached hydrogens (tertiary/aromatic N) is 2. The number of cyclic esters (lactones) is 1. The van der Waals surface area contributed by atoms with Crippen molar-refractivity contribution in [1.29, 1.82) is 0 Å². The largest absolute Gasteiger partial charge is 0.465 e. The molecule has 0 unspecified atom stereocenters. The molecule has 2 atom stereocenters. The quantitative estimate of drug-likeness (QED) is 0.839. The summed E-state index contributed by atoms with van der Waals surface area (Å²) in [6.07, 6.45) is 0. The number of aromatic nitrogens is 2. The van der Waals surface area contributed by atoms with E-state index in [-0.39, 0.29) is 36.1 Å². The number of carbonyl (C=O) groups is 2. The van der Waals surface area contributed by atoms with Gasteiger partial charge in [-0.2, -0.15) is 5.10 Å². The van der Waals surface area contributed by atoms with Crippen LogP contribution in [0.4, 0.5) is 0 Å². The Labute approximate surface area is 143 Å². The fraction of sp³-hybridized carbons (Fsp3) is 0.400. The third kappa shape index (κ3) is 2.74. The van der Waals surface area contributed by atoms with Crippen LogP contribution in [0.5, 0.6) is 0 Å². The Hall–Kier alpha value is -1.86. The topological polar surface area (TPSA) is 75.3 Å². The molecular weight excluding hydrogens is 338 g/mol. The van der Waals surface area contributed by atoms with E-state index in [4.69, 9.17) is 4.74 Å². The van der Waals surface area contributed by atoms with E-state index in [9.17, 15) is 9.59 Å². The molecule has 0 spiro atoms. The number of nitrogens with one attached hydrogen (secondary N) is 1. The zero-order valence-corrected chi connectivity index (χ0v) is 14.1. The molecule has 4 heterocycles. The molecule has 23 heavy (non-hydrogen) atoms. The number of esters is 1. The number of hydrogen-bond donors (Lipinski definition) is 1. The summed E-state index contributed by atoms with van der Waals surface area (Å²) < 4.78 is 5.02. The van der Waals surface area contributed by atoms with E-state index in [1.54, 1.807) is 22.3 Å². The molecule has 2 aliphatic rings. The Bertz CT molecular complexity index is 757. The summed E-state index contributed by atoms with van der Waals surface area (Å²) in [5.74, 6) is -0.341. The van der Waals surface area contributed by atoms with Gasteiger partial charge in [-0.1, -0.05) is 0 Å². The molecule has 1 N–H and O–H groups in total.